The van der Waals surface area contributed by atoms with Crippen LogP contribution in [0.15, 0.2) is 28.7 Å². The summed E-state index contributed by atoms with van der Waals surface area (Å²) in [6.07, 6.45) is 3.75. The van der Waals surface area contributed by atoms with E-state index in [1.165, 1.54) is 29.3 Å². The molecule has 3 heteroatoms. The number of benzene rings is 1. The van der Waals surface area contributed by atoms with Crippen LogP contribution in [0.2, 0.25) is 0 Å². The van der Waals surface area contributed by atoms with E-state index in [1.807, 2.05) is 6.07 Å². The van der Waals surface area contributed by atoms with Crippen molar-refractivity contribution in [2.24, 2.45) is 5.92 Å². The molecule has 0 spiro atoms. The zero-order valence-corrected chi connectivity index (χ0v) is 11.6. The van der Waals surface area contributed by atoms with Crippen LogP contribution in [-0.2, 0) is 6.54 Å². The van der Waals surface area contributed by atoms with Crippen molar-refractivity contribution in [1.82, 2.24) is 5.32 Å². The van der Waals surface area contributed by atoms with Crippen molar-refractivity contribution in [1.29, 1.82) is 0 Å². The monoisotopic (exact) mass is 301 g/mol. The molecule has 1 aromatic rings. The van der Waals surface area contributed by atoms with Gasteiger partial charge in [-0.3, -0.25) is 0 Å². The Morgan fingerprint density at radius 2 is 2.12 bits per heavy atom. The summed E-state index contributed by atoms with van der Waals surface area (Å²) >= 11 is 9.80. The highest BCUT2D eigenvalue weighted by Crippen LogP contribution is 2.29. The molecule has 0 heterocycles. The van der Waals surface area contributed by atoms with Gasteiger partial charge >= 0.3 is 0 Å². The lowest BCUT2D eigenvalue weighted by atomic mass is 10.1. The average molecular weight is 303 g/mol. The van der Waals surface area contributed by atoms with Crippen LogP contribution >= 0.6 is 27.5 Å². The highest BCUT2D eigenvalue weighted by Gasteiger charge is 2.24. The maximum atomic E-state index is 6.24. The van der Waals surface area contributed by atoms with E-state index in [1.54, 1.807) is 0 Å². The van der Waals surface area contributed by atoms with Crippen molar-refractivity contribution in [2.75, 3.05) is 6.54 Å². The number of hydrogen-bond donors (Lipinski definition) is 1. The van der Waals surface area contributed by atoms with Gasteiger partial charge in [0.15, 0.2) is 0 Å². The van der Waals surface area contributed by atoms with Crippen LogP contribution in [0.4, 0.5) is 0 Å². The third kappa shape index (κ3) is 3.22. The summed E-state index contributed by atoms with van der Waals surface area (Å²) < 4.78 is 1.18. The summed E-state index contributed by atoms with van der Waals surface area (Å²) in [6, 6.07) is 8.34. The zero-order valence-electron chi connectivity index (χ0n) is 9.26. The molecule has 1 aromatic carbocycles. The van der Waals surface area contributed by atoms with Gasteiger partial charge in [0.1, 0.15) is 0 Å². The van der Waals surface area contributed by atoms with Crippen molar-refractivity contribution in [2.45, 2.75) is 31.2 Å². The number of nitrogens with one attached hydrogen (secondary N) is 1. The summed E-state index contributed by atoms with van der Waals surface area (Å²) in [5.74, 6) is 0.657. The Bertz CT molecular complexity index is 342. The summed E-state index contributed by atoms with van der Waals surface area (Å²) in [5.41, 5.74) is 1.31. The molecule has 0 aromatic heterocycles. The van der Waals surface area contributed by atoms with Crippen LogP contribution in [0, 0.1) is 5.92 Å². The predicted octanol–water partition coefficient (Wildman–Crippen LogP) is 3.95. The SMILES string of the molecule is ClC1CCCC1CNCc1ccccc1Br. The molecule has 1 aliphatic rings. The normalized spacial score (nSPS) is 24.9. The summed E-state index contributed by atoms with van der Waals surface area (Å²) in [4.78, 5) is 0. The van der Waals surface area contributed by atoms with Gasteiger partial charge in [-0.05, 0) is 36.9 Å². The van der Waals surface area contributed by atoms with Crippen LogP contribution < -0.4 is 5.32 Å². The van der Waals surface area contributed by atoms with Gasteiger partial charge < -0.3 is 5.32 Å². The second kappa shape index (κ2) is 6.04. The molecule has 0 radical (unpaired) electrons. The molecular formula is C13H17BrClN. The minimum atomic E-state index is 0.381. The predicted molar refractivity (Wildman–Crippen MR) is 72.8 cm³/mol. The molecule has 1 aliphatic carbocycles. The summed E-state index contributed by atoms with van der Waals surface area (Å²) in [5, 5.41) is 3.88. The van der Waals surface area contributed by atoms with Gasteiger partial charge in [0, 0.05) is 16.4 Å². The molecule has 2 rings (SSSR count). The first-order valence-corrected chi connectivity index (χ1v) is 7.08. The number of halogens is 2. The average Bonchev–Trinajstić information content (AvgIpc) is 2.67. The second-order valence-corrected chi connectivity index (χ2v) is 5.84. The maximum Gasteiger partial charge on any atom is 0.0376 e. The Labute approximate surface area is 111 Å². The molecule has 0 saturated heterocycles. The van der Waals surface area contributed by atoms with Crippen molar-refractivity contribution in [3.05, 3.63) is 34.3 Å². The number of rotatable bonds is 4. The Morgan fingerprint density at radius 3 is 2.81 bits per heavy atom. The standard InChI is InChI=1S/C13H17BrClN/c14-12-6-2-1-4-10(12)8-16-9-11-5-3-7-13(11)15/h1-2,4,6,11,13,16H,3,5,7-9H2. The molecule has 2 atom stereocenters. The largest absolute Gasteiger partial charge is 0.312 e. The fourth-order valence-electron chi connectivity index (χ4n) is 2.26. The van der Waals surface area contributed by atoms with Gasteiger partial charge in [-0.15, -0.1) is 11.6 Å². The van der Waals surface area contributed by atoms with E-state index < -0.39 is 0 Å². The molecule has 2 unspecified atom stereocenters. The molecule has 1 saturated carbocycles. The van der Waals surface area contributed by atoms with Gasteiger partial charge in [0.05, 0.1) is 0 Å². The zero-order chi connectivity index (χ0) is 11.4. The van der Waals surface area contributed by atoms with Crippen LogP contribution in [0.3, 0.4) is 0 Å². The lowest BCUT2D eigenvalue weighted by molar-refractivity contribution is 0.493. The number of alkyl halides is 1. The first kappa shape index (κ1) is 12.4. The lowest BCUT2D eigenvalue weighted by Gasteiger charge is -2.14. The molecule has 0 bridgehead atoms. The molecule has 1 N–H and O–H groups in total. The van der Waals surface area contributed by atoms with Crippen LogP contribution in [0.25, 0.3) is 0 Å². The topological polar surface area (TPSA) is 12.0 Å². The fraction of sp³-hybridized carbons (Fsp3) is 0.538. The smallest absolute Gasteiger partial charge is 0.0376 e. The Hall–Kier alpha value is -0.0500. The van der Waals surface area contributed by atoms with Gasteiger partial charge in [0.25, 0.3) is 0 Å². The Morgan fingerprint density at radius 1 is 1.31 bits per heavy atom. The van der Waals surface area contributed by atoms with Gasteiger partial charge in [-0.1, -0.05) is 40.5 Å². The molecule has 88 valence electrons. The van der Waals surface area contributed by atoms with Crippen molar-refractivity contribution >= 4 is 27.5 Å². The van der Waals surface area contributed by atoms with E-state index in [0.717, 1.165) is 13.1 Å². The molecule has 0 amide bonds. The van der Waals surface area contributed by atoms with Crippen molar-refractivity contribution in [3.63, 3.8) is 0 Å². The third-order valence-corrected chi connectivity index (χ3v) is 4.59. The van der Waals surface area contributed by atoms with E-state index in [0.29, 0.717) is 11.3 Å². The molecular weight excluding hydrogens is 286 g/mol. The van der Waals surface area contributed by atoms with E-state index in [-0.39, 0.29) is 0 Å². The lowest BCUT2D eigenvalue weighted by Crippen LogP contribution is -2.25. The van der Waals surface area contributed by atoms with E-state index in [2.05, 4.69) is 39.4 Å². The Balaban J connectivity index is 1.78. The second-order valence-electron chi connectivity index (χ2n) is 4.43. The molecule has 1 nitrogen and oxygen atoms in total. The van der Waals surface area contributed by atoms with Crippen LogP contribution in [-0.4, -0.2) is 11.9 Å². The van der Waals surface area contributed by atoms with Gasteiger partial charge in [-0.2, -0.15) is 0 Å². The summed E-state index contributed by atoms with van der Waals surface area (Å²) in [6.45, 7) is 1.96. The van der Waals surface area contributed by atoms with Crippen LogP contribution in [0.1, 0.15) is 24.8 Å². The van der Waals surface area contributed by atoms with Gasteiger partial charge in [0.2, 0.25) is 0 Å². The minimum absolute atomic E-state index is 0.381. The van der Waals surface area contributed by atoms with Crippen LogP contribution in [0.5, 0.6) is 0 Å². The highest BCUT2D eigenvalue weighted by molar-refractivity contribution is 9.10. The van der Waals surface area contributed by atoms with Crippen molar-refractivity contribution in [3.8, 4) is 0 Å². The fourth-order valence-corrected chi connectivity index (χ4v) is 3.05. The van der Waals surface area contributed by atoms with E-state index in [9.17, 15) is 0 Å². The third-order valence-electron chi connectivity index (χ3n) is 3.25. The summed E-state index contributed by atoms with van der Waals surface area (Å²) in [7, 11) is 0. The quantitative estimate of drug-likeness (QED) is 0.831. The highest BCUT2D eigenvalue weighted by atomic mass is 79.9. The molecule has 1 fully saturated rings. The van der Waals surface area contributed by atoms with Gasteiger partial charge in [-0.25, -0.2) is 0 Å². The molecule has 0 aliphatic heterocycles. The number of hydrogen-bond acceptors (Lipinski definition) is 1. The first-order valence-electron chi connectivity index (χ1n) is 5.85. The maximum absolute atomic E-state index is 6.24. The Kier molecular flexibility index (Phi) is 4.68. The van der Waals surface area contributed by atoms with E-state index >= 15 is 0 Å². The van der Waals surface area contributed by atoms with Crippen molar-refractivity contribution < 1.29 is 0 Å². The minimum Gasteiger partial charge on any atom is -0.312 e. The van der Waals surface area contributed by atoms with E-state index in [4.69, 9.17) is 11.6 Å². The molecule has 16 heavy (non-hydrogen) atoms. The first-order chi connectivity index (χ1) is 7.77.